The fourth-order valence-electron chi connectivity index (χ4n) is 1.06. The highest BCUT2D eigenvalue weighted by atomic mass is 127. The van der Waals surface area contributed by atoms with Crippen molar-refractivity contribution < 1.29 is 10.2 Å². The maximum absolute atomic E-state index is 9.53. The van der Waals surface area contributed by atoms with Gasteiger partial charge in [-0.2, -0.15) is 0 Å². The smallest absolute Gasteiger partial charge is 0.142 e. The molecule has 3 nitrogen and oxygen atoms in total. The van der Waals surface area contributed by atoms with Crippen LogP contribution in [0.3, 0.4) is 0 Å². The molecule has 0 bridgehead atoms. The predicted molar refractivity (Wildman–Crippen MR) is 72.1 cm³/mol. The van der Waals surface area contributed by atoms with Gasteiger partial charge < -0.3 is 15.9 Å². The van der Waals surface area contributed by atoms with E-state index in [1.807, 2.05) is 45.2 Å². The van der Waals surface area contributed by atoms with Gasteiger partial charge in [0.15, 0.2) is 0 Å². The second-order valence-corrected chi connectivity index (χ2v) is 5.42. The summed E-state index contributed by atoms with van der Waals surface area (Å²) in [6.45, 7) is 1.65. The molecule has 0 amide bonds. The molecule has 0 fully saturated rings. The average molecular weight is 419 g/mol. The molecule has 0 saturated heterocycles. The van der Waals surface area contributed by atoms with Crippen LogP contribution in [-0.4, -0.2) is 16.3 Å². The van der Waals surface area contributed by atoms with Crippen LogP contribution in [0.2, 0.25) is 0 Å². The van der Waals surface area contributed by atoms with E-state index in [-0.39, 0.29) is 5.75 Å². The third-order valence-electron chi connectivity index (χ3n) is 1.94. The molecule has 2 atom stereocenters. The van der Waals surface area contributed by atoms with E-state index in [4.69, 9.17) is 5.73 Å². The molecular formula is C9H11I2NO2. The maximum Gasteiger partial charge on any atom is 0.142 e. The Bertz CT molecular complexity index is 319. The first-order valence-electron chi connectivity index (χ1n) is 4.05. The van der Waals surface area contributed by atoms with Crippen LogP contribution in [0, 0.1) is 7.14 Å². The molecule has 0 aliphatic rings. The van der Waals surface area contributed by atoms with E-state index in [9.17, 15) is 10.2 Å². The van der Waals surface area contributed by atoms with Crippen molar-refractivity contribution in [1.82, 2.24) is 0 Å². The van der Waals surface area contributed by atoms with Gasteiger partial charge in [0, 0.05) is 0 Å². The third-order valence-corrected chi connectivity index (χ3v) is 3.59. The molecule has 0 radical (unpaired) electrons. The quantitative estimate of drug-likeness (QED) is 0.643. The molecule has 1 rings (SSSR count). The Balaban J connectivity index is 3.12. The van der Waals surface area contributed by atoms with Gasteiger partial charge in [0.05, 0.1) is 19.3 Å². The zero-order valence-corrected chi connectivity index (χ0v) is 11.9. The number of hydrogen-bond donors (Lipinski definition) is 3. The molecule has 1 aromatic carbocycles. The van der Waals surface area contributed by atoms with E-state index in [0.29, 0.717) is 0 Å². The monoisotopic (exact) mass is 419 g/mol. The van der Waals surface area contributed by atoms with Gasteiger partial charge in [0.1, 0.15) is 5.75 Å². The lowest BCUT2D eigenvalue weighted by Gasteiger charge is -2.16. The molecule has 0 aliphatic carbocycles. The summed E-state index contributed by atoms with van der Waals surface area (Å²) in [6.07, 6.45) is -0.592. The van der Waals surface area contributed by atoms with Gasteiger partial charge >= 0.3 is 0 Å². The number of halogens is 2. The number of phenolic OH excluding ortho intramolecular Hbond substituents is 1. The molecule has 14 heavy (non-hydrogen) atoms. The van der Waals surface area contributed by atoms with Crippen LogP contribution in [0.1, 0.15) is 18.5 Å². The Morgan fingerprint density at radius 2 is 1.71 bits per heavy atom. The molecular weight excluding hydrogens is 408 g/mol. The Hall–Kier alpha value is 0.400. The van der Waals surface area contributed by atoms with Crippen LogP contribution < -0.4 is 5.73 Å². The molecule has 0 unspecified atom stereocenters. The van der Waals surface area contributed by atoms with Crippen molar-refractivity contribution in [3.8, 4) is 5.75 Å². The number of aliphatic hydroxyl groups excluding tert-OH is 1. The van der Waals surface area contributed by atoms with Crippen molar-refractivity contribution in [2.45, 2.75) is 19.1 Å². The number of aliphatic hydroxyl groups is 1. The number of rotatable bonds is 2. The summed E-state index contributed by atoms with van der Waals surface area (Å²) in [6, 6.07) is 3.17. The predicted octanol–water partition coefficient (Wildman–Crippen LogP) is 1.98. The highest BCUT2D eigenvalue weighted by Crippen LogP contribution is 2.29. The third kappa shape index (κ3) is 2.71. The summed E-state index contributed by atoms with van der Waals surface area (Å²) in [5, 5.41) is 18.9. The number of nitrogens with two attached hydrogens (primary N) is 1. The number of benzene rings is 1. The fourth-order valence-corrected chi connectivity index (χ4v) is 2.87. The van der Waals surface area contributed by atoms with Gasteiger partial charge in [0.25, 0.3) is 0 Å². The van der Waals surface area contributed by atoms with E-state index in [1.54, 1.807) is 19.1 Å². The number of phenols is 1. The molecule has 0 spiro atoms. The van der Waals surface area contributed by atoms with Gasteiger partial charge in [-0.15, -0.1) is 0 Å². The average Bonchev–Trinajstić information content (AvgIpc) is 2.12. The molecule has 0 saturated carbocycles. The largest absolute Gasteiger partial charge is 0.506 e. The van der Waals surface area contributed by atoms with Crippen molar-refractivity contribution in [3.05, 3.63) is 24.8 Å². The van der Waals surface area contributed by atoms with Gasteiger partial charge in [-0.3, -0.25) is 0 Å². The second kappa shape index (κ2) is 4.95. The van der Waals surface area contributed by atoms with Gasteiger partial charge in [0.2, 0.25) is 0 Å². The Kier molecular flexibility index (Phi) is 4.41. The standard InChI is InChI=1S/C9H11I2NO2/c1-4(13)8(12)5-2-6(10)9(14)7(11)3-5/h2-4,8,13-14H,12H2,1H3/t4-,8-/m1/s1. The lowest BCUT2D eigenvalue weighted by molar-refractivity contribution is 0.164. The van der Waals surface area contributed by atoms with Crippen LogP contribution in [-0.2, 0) is 0 Å². The van der Waals surface area contributed by atoms with Crippen molar-refractivity contribution in [1.29, 1.82) is 0 Å². The van der Waals surface area contributed by atoms with Crippen molar-refractivity contribution >= 4 is 45.2 Å². The van der Waals surface area contributed by atoms with Gasteiger partial charge in [-0.1, -0.05) is 0 Å². The van der Waals surface area contributed by atoms with Crippen molar-refractivity contribution in [3.63, 3.8) is 0 Å². The Morgan fingerprint density at radius 1 is 1.29 bits per heavy atom. The Morgan fingerprint density at radius 3 is 2.07 bits per heavy atom. The molecule has 78 valence electrons. The topological polar surface area (TPSA) is 66.5 Å². The highest BCUT2D eigenvalue weighted by Gasteiger charge is 2.15. The minimum Gasteiger partial charge on any atom is -0.506 e. The lowest BCUT2D eigenvalue weighted by atomic mass is 10.0. The van der Waals surface area contributed by atoms with E-state index in [0.717, 1.165) is 12.7 Å². The SMILES string of the molecule is C[C@@H](O)[C@@H](N)c1cc(I)c(O)c(I)c1. The normalized spacial score (nSPS) is 15.2. The minimum atomic E-state index is -0.592. The number of hydrogen-bond acceptors (Lipinski definition) is 3. The molecule has 0 aromatic heterocycles. The second-order valence-electron chi connectivity index (χ2n) is 3.10. The number of aromatic hydroxyl groups is 1. The summed E-state index contributed by atoms with van der Waals surface area (Å²) in [5.74, 6) is 0.271. The maximum atomic E-state index is 9.53. The first-order chi connectivity index (χ1) is 6.43. The van der Waals surface area contributed by atoms with Gasteiger partial charge in [-0.25, -0.2) is 0 Å². The molecule has 0 aliphatic heterocycles. The van der Waals surface area contributed by atoms with E-state index in [2.05, 4.69) is 0 Å². The lowest BCUT2D eigenvalue weighted by Crippen LogP contribution is -2.23. The fraction of sp³-hybridized carbons (Fsp3) is 0.333. The molecule has 1 aromatic rings. The highest BCUT2D eigenvalue weighted by molar-refractivity contribution is 14.1. The molecule has 0 heterocycles. The molecule has 4 N–H and O–H groups in total. The Labute approximate surface area is 110 Å². The van der Waals surface area contributed by atoms with Crippen LogP contribution in [0.25, 0.3) is 0 Å². The van der Waals surface area contributed by atoms with Crippen LogP contribution in [0.15, 0.2) is 12.1 Å². The van der Waals surface area contributed by atoms with Gasteiger partial charge in [-0.05, 0) is 69.8 Å². The zero-order chi connectivity index (χ0) is 10.9. The summed E-state index contributed by atoms with van der Waals surface area (Å²) in [7, 11) is 0. The van der Waals surface area contributed by atoms with Crippen molar-refractivity contribution in [2.24, 2.45) is 5.73 Å². The zero-order valence-electron chi connectivity index (χ0n) is 7.54. The minimum absolute atomic E-state index is 0.271. The van der Waals surface area contributed by atoms with Crippen LogP contribution in [0.5, 0.6) is 5.75 Å². The molecule has 5 heteroatoms. The van der Waals surface area contributed by atoms with E-state index < -0.39 is 12.1 Å². The van der Waals surface area contributed by atoms with Crippen LogP contribution in [0.4, 0.5) is 0 Å². The summed E-state index contributed by atoms with van der Waals surface area (Å²) >= 11 is 4.08. The van der Waals surface area contributed by atoms with E-state index in [1.165, 1.54) is 0 Å². The first-order valence-corrected chi connectivity index (χ1v) is 6.20. The first kappa shape index (κ1) is 12.5. The van der Waals surface area contributed by atoms with Crippen molar-refractivity contribution in [2.75, 3.05) is 0 Å². The summed E-state index contributed by atoms with van der Waals surface area (Å²) < 4.78 is 1.50. The van der Waals surface area contributed by atoms with E-state index >= 15 is 0 Å². The van der Waals surface area contributed by atoms with Crippen LogP contribution >= 0.6 is 45.2 Å². The summed E-state index contributed by atoms with van der Waals surface area (Å²) in [5.41, 5.74) is 6.63. The summed E-state index contributed by atoms with van der Waals surface area (Å²) in [4.78, 5) is 0.